The number of nitrogens with two attached hydrogens (primary N) is 1. The van der Waals surface area contributed by atoms with E-state index < -0.39 is 0 Å². The van der Waals surface area contributed by atoms with Crippen LogP contribution in [0.5, 0.6) is 5.75 Å². The molecule has 7 heteroatoms. The predicted octanol–water partition coefficient (Wildman–Crippen LogP) is 1.45. The normalized spacial score (nSPS) is 11.1. The molecule has 3 aromatic rings. The van der Waals surface area contributed by atoms with E-state index in [0.717, 1.165) is 5.82 Å². The lowest BCUT2D eigenvalue weighted by Crippen LogP contribution is -1.89. The standard InChI is InChI=1S/C10H9N5OS/c1-5-12-13-10-15(5)14-9(17-10)7-3-2-6(11)4-8(7)16/h2-4,16H,11H2,1H3. The van der Waals surface area contributed by atoms with Crippen molar-refractivity contribution < 1.29 is 5.11 Å². The van der Waals surface area contributed by atoms with Crippen LogP contribution in [-0.4, -0.2) is 24.9 Å². The summed E-state index contributed by atoms with van der Waals surface area (Å²) >= 11 is 1.37. The number of fused-ring (bicyclic) bond motifs is 1. The maximum Gasteiger partial charge on any atom is 0.234 e. The van der Waals surface area contributed by atoms with Crippen molar-refractivity contribution in [1.82, 2.24) is 19.8 Å². The first-order valence-electron chi connectivity index (χ1n) is 4.93. The molecular weight excluding hydrogens is 238 g/mol. The van der Waals surface area contributed by atoms with Crippen LogP contribution in [0, 0.1) is 6.92 Å². The van der Waals surface area contributed by atoms with Gasteiger partial charge in [-0.05, 0) is 19.1 Å². The molecule has 0 saturated heterocycles. The Morgan fingerprint density at radius 1 is 1.35 bits per heavy atom. The minimum absolute atomic E-state index is 0.118. The summed E-state index contributed by atoms with van der Waals surface area (Å²) in [5.74, 6) is 0.838. The number of nitrogen functional groups attached to an aromatic ring is 1. The average molecular weight is 247 g/mol. The zero-order valence-corrected chi connectivity index (χ0v) is 9.77. The third kappa shape index (κ3) is 1.51. The molecule has 2 heterocycles. The van der Waals surface area contributed by atoms with Gasteiger partial charge in [-0.15, -0.1) is 10.2 Å². The van der Waals surface area contributed by atoms with Crippen molar-refractivity contribution in [2.75, 3.05) is 5.73 Å². The number of aryl methyl sites for hydroxylation is 1. The van der Waals surface area contributed by atoms with Gasteiger partial charge in [-0.25, -0.2) is 0 Å². The summed E-state index contributed by atoms with van der Waals surface area (Å²) in [5.41, 5.74) is 6.75. The lowest BCUT2D eigenvalue weighted by Gasteiger charge is -2.00. The van der Waals surface area contributed by atoms with Gasteiger partial charge in [0.05, 0.1) is 5.56 Å². The molecule has 0 amide bonds. The highest BCUT2D eigenvalue weighted by molar-refractivity contribution is 7.19. The van der Waals surface area contributed by atoms with Crippen molar-refractivity contribution in [1.29, 1.82) is 0 Å². The van der Waals surface area contributed by atoms with Gasteiger partial charge in [0.2, 0.25) is 4.96 Å². The van der Waals surface area contributed by atoms with Crippen LogP contribution < -0.4 is 5.73 Å². The van der Waals surface area contributed by atoms with Gasteiger partial charge in [-0.2, -0.15) is 9.61 Å². The average Bonchev–Trinajstić information content (AvgIpc) is 2.81. The van der Waals surface area contributed by atoms with E-state index in [1.54, 1.807) is 16.6 Å². The van der Waals surface area contributed by atoms with Crippen LogP contribution in [0.3, 0.4) is 0 Å². The first-order valence-corrected chi connectivity index (χ1v) is 5.74. The number of aromatic hydroxyl groups is 1. The van der Waals surface area contributed by atoms with Crippen LogP contribution >= 0.6 is 11.3 Å². The van der Waals surface area contributed by atoms with Crippen molar-refractivity contribution in [2.45, 2.75) is 6.92 Å². The second-order valence-corrected chi connectivity index (χ2v) is 4.58. The van der Waals surface area contributed by atoms with Crippen LogP contribution in [0.15, 0.2) is 18.2 Å². The second-order valence-electron chi connectivity index (χ2n) is 3.63. The summed E-state index contributed by atoms with van der Waals surface area (Å²) in [4.78, 5) is 0.703. The van der Waals surface area contributed by atoms with Crippen molar-refractivity contribution in [3.05, 3.63) is 24.0 Å². The fraction of sp³-hybridized carbons (Fsp3) is 0.100. The van der Waals surface area contributed by atoms with Crippen LogP contribution in [0.4, 0.5) is 5.69 Å². The van der Waals surface area contributed by atoms with Gasteiger partial charge >= 0.3 is 0 Å². The third-order valence-corrected chi connectivity index (χ3v) is 3.33. The van der Waals surface area contributed by atoms with E-state index in [4.69, 9.17) is 5.73 Å². The molecule has 3 N–H and O–H groups in total. The minimum atomic E-state index is 0.118. The molecular formula is C10H9N5OS. The Morgan fingerprint density at radius 2 is 2.18 bits per heavy atom. The molecule has 0 unspecified atom stereocenters. The quantitative estimate of drug-likeness (QED) is 0.635. The Hall–Kier alpha value is -2.15. The first-order chi connectivity index (χ1) is 8.15. The molecule has 0 saturated carbocycles. The summed E-state index contributed by atoms with van der Waals surface area (Å²) in [6.07, 6.45) is 0. The van der Waals surface area contributed by atoms with Crippen LogP contribution in [0.25, 0.3) is 15.5 Å². The Morgan fingerprint density at radius 3 is 2.88 bits per heavy atom. The molecule has 0 atom stereocenters. The molecule has 17 heavy (non-hydrogen) atoms. The number of nitrogens with zero attached hydrogens (tertiary/aromatic N) is 4. The van der Waals surface area contributed by atoms with Crippen molar-refractivity contribution in [3.63, 3.8) is 0 Å². The van der Waals surface area contributed by atoms with E-state index in [0.29, 0.717) is 21.2 Å². The fourth-order valence-corrected chi connectivity index (χ4v) is 2.47. The lowest BCUT2D eigenvalue weighted by molar-refractivity contribution is 0.477. The van der Waals surface area contributed by atoms with Crippen molar-refractivity contribution >= 4 is 22.0 Å². The summed E-state index contributed by atoms with van der Waals surface area (Å²) in [5, 5.41) is 22.7. The number of phenolic OH excluding ortho intramolecular Hbond substituents is 1. The number of hydrogen-bond donors (Lipinski definition) is 2. The monoisotopic (exact) mass is 247 g/mol. The van der Waals surface area contributed by atoms with E-state index >= 15 is 0 Å². The van der Waals surface area contributed by atoms with Gasteiger partial charge in [0, 0.05) is 11.8 Å². The largest absolute Gasteiger partial charge is 0.507 e. The zero-order chi connectivity index (χ0) is 12.0. The number of aromatic nitrogens is 4. The maximum absolute atomic E-state index is 9.82. The minimum Gasteiger partial charge on any atom is -0.507 e. The number of anilines is 1. The second kappa shape index (κ2) is 3.42. The van der Waals surface area contributed by atoms with Crippen molar-refractivity contribution in [2.24, 2.45) is 0 Å². The van der Waals surface area contributed by atoms with Gasteiger partial charge in [-0.1, -0.05) is 11.3 Å². The number of hydrogen-bond acceptors (Lipinski definition) is 6. The van der Waals surface area contributed by atoms with Gasteiger partial charge in [0.25, 0.3) is 0 Å². The predicted molar refractivity (Wildman–Crippen MR) is 64.9 cm³/mol. The summed E-state index contributed by atoms with van der Waals surface area (Å²) in [7, 11) is 0. The molecule has 0 spiro atoms. The summed E-state index contributed by atoms with van der Waals surface area (Å²) < 4.78 is 1.65. The molecule has 0 radical (unpaired) electrons. The maximum atomic E-state index is 9.82. The molecule has 0 fully saturated rings. The van der Waals surface area contributed by atoms with Crippen LogP contribution in [-0.2, 0) is 0 Å². The van der Waals surface area contributed by atoms with Gasteiger partial charge < -0.3 is 10.8 Å². The van der Waals surface area contributed by atoms with E-state index in [-0.39, 0.29) is 5.75 Å². The van der Waals surface area contributed by atoms with E-state index in [9.17, 15) is 5.11 Å². The van der Waals surface area contributed by atoms with E-state index in [2.05, 4.69) is 15.3 Å². The molecule has 6 nitrogen and oxygen atoms in total. The SMILES string of the molecule is Cc1nnc2sc(-c3ccc(N)cc3O)nn12. The molecule has 0 aliphatic heterocycles. The highest BCUT2D eigenvalue weighted by Crippen LogP contribution is 2.33. The van der Waals surface area contributed by atoms with E-state index in [1.807, 2.05) is 6.92 Å². The highest BCUT2D eigenvalue weighted by Gasteiger charge is 2.13. The first kappa shape index (κ1) is 10.0. The fourth-order valence-electron chi connectivity index (χ4n) is 1.55. The number of phenols is 1. The summed E-state index contributed by atoms with van der Waals surface area (Å²) in [6.45, 7) is 1.83. The summed E-state index contributed by atoms with van der Waals surface area (Å²) in [6, 6.07) is 4.97. The zero-order valence-electron chi connectivity index (χ0n) is 8.95. The molecule has 1 aromatic carbocycles. The topological polar surface area (TPSA) is 89.3 Å². The Kier molecular flexibility index (Phi) is 2.02. The molecule has 3 rings (SSSR count). The highest BCUT2D eigenvalue weighted by atomic mass is 32.1. The number of rotatable bonds is 1. The van der Waals surface area contributed by atoms with E-state index in [1.165, 1.54) is 17.4 Å². The van der Waals surface area contributed by atoms with Crippen LogP contribution in [0.1, 0.15) is 5.82 Å². The molecule has 0 bridgehead atoms. The smallest absolute Gasteiger partial charge is 0.234 e. The Bertz CT molecular complexity index is 702. The Balaban J connectivity index is 2.20. The number of benzene rings is 1. The van der Waals surface area contributed by atoms with Gasteiger partial charge in [0.15, 0.2) is 10.8 Å². The molecule has 86 valence electrons. The van der Waals surface area contributed by atoms with Crippen LogP contribution in [0.2, 0.25) is 0 Å². The Labute approximate surface area is 100 Å². The molecule has 0 aliphatic carbocycles. The third-order valence-electron chi connectivity index (χ3n) is 2.40. The lowest BCUT2D eigenvalue weighted by atomic mass is 10.2. The molecule has 2 aromatic heterocycles. The van der Waals surface area contributed by atoms with Gasteiger partial charge in [-0.3, -0.25) is 0 Å². The molecule has 0 aliphatic rings. The van der Waals surface area contributed by atoms with Crippen molar-refractivity contribution in [3.8, 4) is 16.3 Å². The van der Waals surface area contributed by atoms with Gasteiger partial charge in [0.1, 0.15) is 5.75 Å².